The van der Waals surface area contributed by atoms with Crippen molar-refractivity contribution in [1.82, 2.24) is 0 Å². The summed E-state index contributed by atoms with van der Waals surface area (Å²) in [5.74, 6) is 0. The van der Waals surface area contributed by atoms with Crippen molar-refractivity contribution in [3.05, 3.63) is 42.5 Å². The average Bonchev–Trinajstić information content (AvgIpc) is 2.40. The van der Waals surface area contributed by atoms with Crippen molar-refractivity contribution in [3.63, 3.8) is 0 Å². The van der Waals surface area contributed by atoms with Gasteiger partial charge in [0.25, 0.3) is 0 Å². The third kappa shape index (κ3) is 1.46. The van der Waals surface area contributed by atoms with Gasteiger partial charge in [0.2, 0.25) is 0 Å². The van der Waals surface area contributed by atoms with E-state index in [1.165, 1.54) is 11.3 Å². The van der Waals surface area contributed by atoms with E-state index in [0.717, 1.165) is 12.8 Å². The number of para-hydroxylation sites is 1. The van der Waals surface area contributed by atoms with E-state index in [1.807, 2.05) is 6.08 Å². The standard InChI is InChI=1S/C12H15N/c1-3-8-12(2)9-10-6-4-5-7-11(10)13-12/h3-7,13H,1,8-9H2,2H3/t12-/m0/s1. The molecule has 0 unspecified atom stereocenters. The number of benzene rings is 1. The molecule has 1 aliphatic heterocycles. The fourth-order valence-corrected chi connectivity index (χ4v) is 2.03. The van der Waals surface area contributed by atoms with Gasteiger partial charge in [0, 0.05) is 11.2 Å². The first-order valence-electron chi connectivity index (χ1n) is 4.70. The van der Waals surface area contributed by atoms with Gasteiger partial charge in [-0.05, 0) is 31.4 Å². The second kappa shape index (κ2) is 2.91. The molecule has 1 aliphatic rings. The van der Waals surface area contributed by atoms with Gasteiger partial charge in [0.15, 0.2) is 0 Å². The van der Waals surface area contributed by atoms with Crippen LogP contribution in [0.25, 0.3) is 0 Å². The number of nitrogens with one attached hydrogen (secondary N) is 1. The fourth-order valence-electron chi connectivity index (χ4n) is 2.03. The van der Waals surface area contributed by atoms with Crippen LogP contribution in [-0.4, -0.2) is 5.54 Å². The van der Waals surface area contributed by atoms with Gasteiger partial charge in [-0.1, -0.05) is 24.3 Å². The summed E-state index contributed by atoms with van der Waals surface area (Å²) in [6.45, 7) is 6.04. The quantitative estimate of drug-likeness (QED) is 0.678. The van der Waals surface area contributed by atoms with Gasteiger partial charge in [-0.2, -0.15) is 0 Å². The second-order valence-electron chi connectivity index (χ2n) is 4.01. The van der Waals surface area contributed by atoms with E-state index in [0.29, 0.717) is 0 Å². The number of fused-ring (bicyclic) bond motifs is 1. The number of hydrogen-bond acceptors (Lipinski definition) is 1. The second-order valence-corrected chi connectivity index (χ2v) is 4.01. The molecule has 0 amide bonds. The lowest BCUT2D eigenvalue weighted by atomic mass is 9.94. The Morgan fingerprint density at radius 2 is 2.31 bits per heavy atom. The third-order valence-electron chi connectivity index (χ3n) is 2.63. The van der Waals surface area contributed by atoms with Crippen molar-refractivity contribution in [1.29, 1.82) is 0 Å². The Kier molecular flexibility index (Phi) is 1.87. The molecule has 1 heteroatoms. The maximum Gasteiger partial charge on any atom is 0.0421 e. The molecule has 2 rings (SSSR count). The molecule has 0 spiro atoms. The first-order chi connectivity index (χ1) is 6.23. The highest BCUT2D eigenvalue weighted by atomic mass is 15.0. The zero-order chi connectivity index (χ0) is 9.31. The molecule has 0 radical (unpaired) electrons. The molecule has 1 aromatic rings. The monoisotopic (exact) mass is 173 g/mol. The molecule has 0 saturated carbocycles. The Morgan fingerprint density at radius 3 is 3.00 bits per heavy atom. The van der Waals surface area contributed by atoms with Gasteiger partial charge in [0.05, 0.1) is 0 Å². The molecule has 1 aromatic carbocycles. The minimum atomic E-state index is 0.186. The van der Waals surface area contributed by atoms with E-state index in [-0.39, 0.29) is 5.54 Å². The van der Waals surface area contributed by atoms with Crippen molar-refractivity contribution in [3.8, 4) is 0 Å². The molecule has 0 fully saturated rings. The summed E-state index contributed by atoms with van der Waals surface area (Å²) in [7, 11) is 0. The summed E-state index contributed by atoms with van der Waals surface area (Å²) in [5.41, 5.74) is 2.89. The summed E-state index contributed by atoms with van der Waals surface area (Å²) >= 11 is 0. The smallest absolute Gasteiger partial charge is 0.0421 e. The van der Waals surface area contributed by atoms with Crippen molar-refractivity contribution < 1.29 is 0 Å². The Labute approximate surface area is 79.5 Å². The fraction of sp³-hybridized carbons (Fsp3) is 0.333. The molecule has 1 atom stereocenters. The van der Waals surface area contributed by atoms with Crippen LogP contribution in [0.3, 0.4) is 0 Å². The number of rotatable bonds is 2. The molecule has 13 heavy (non-hydrogen) atoms. The molecule has 0 saturated heterocycles. The molecule has 1 heterocycles. The van der Waals surface area contributed by atoms with Crippen molar-refractivity contribution in [2.45, 2.75) is 25.3 Å². The highest BCUT2D eigenvalue weighted by Crippen LogP contribution is 2.33. The highest BCUT2D eigenvalue weighted by Gasteiger charge is 2.30. The lowest BCUT2D eigenvalue weighted by Crippen LogP contribution is -2.31. The number of anilines is 1. The Bertz CT molecular complexity index is 303. The lowest BCUT2D eigenvalue weighted by Gasteiger charge is -2.23. The van der Waals surface area contributed by atoms with E-state index >= 15 is 0 Å². The van der Waals surface area contributed by atoms with E-state index in [1.54, 1.807) is 0 Å². The third-order valence-corrected chi connectivity index (χ3v) is 2.63. The van der Waals surface area contributed by atoms with Gasteiger partial charge >= 0.3 is 0 Å². The van der Waals surface area contributed by atoms with Crippen LogP contribution in [0.5, 0.6) is 0 Å². The van der Waals surface area contributed by atoms with Crippen molar-refractivity contribution >= 4 is 5.69 Å². The summed E-state index contributed by atoms with van der Waals surface area (Å²) in [6, 6.07) is 8.51. The zero-order valence-corrected chi connectivity index (χ0v) is 8.01. The van der Waals surface area contributed by atoms with Crippen molar-refractivity contribution in [2.75, 3.05) is 5.32 Å². The first-order valence-corrected chi connectivity index (χ1v) is 4.70. The summed E-state index contributed by atoms with van der Waals surface area (Å²) in [6.07, 6.45) is 4.11. The van der Waals surface area contributed by atoms with E-state index < -0.39 is 0 Å². The largest absolute Gasteiger partial charge is 0.379 e. The minimum Gasteiger partial charge on any atom is -0.379 e. The van der Waals surface area contributed by atoms with Crippen LogP contribution in [0.15, 0.2) is 36.9 Å². The normalized spacial score (nSPS) is 25.0. The summed E-state index contributed by atoms with van der Waals surface area (Å²) in [4.78, 5) is 0. The van der Waals surface area contributed by atoms with E-state index in [2.05, 4.69) is 43.1 Å². The van der Waals surface area contributed by atoms with Crippen LogP contribution in [0.4, 0.5) is 5.69 Å². The predicted molar refractivity (Wildman–Crippen MR) is 57.0 cm³/mol. The zero-order valence-electron chi connectivity index (χ0n) is 8.01. The average molecular weight is 173 g/mol. The van der Waals surface area contributed by atoms with Crippen LogP contribution < -0.4 is 5.32 Å². The molecule has 0 bridgehead atoms. The molecule has 1 nitrogen and oxygen atoms in total. The topological polar surface area (TPSA) is 12.0 Å². The maximum absolute atomic E-state index is 3.79. The molecule has 0 aromatic heterocycles. The predicted octanol–water partition coefficient (Wildman–Crippen LogP) is 2.99. The van der Waals surface area contributed by atoms with Crippen LogP contribution in [0, 0.1) is 0 Å². The molecular formula is C12H15N. The minimum absolute atomic E-state index is 0.186. The lowest BCUT2D eigenvalue weighted by molar-refractivity contribution is 0.542. The summed E-state index contributed by atoms with van der Waals surface area (Å²) < 4.78 is 0. The van der Waals surface area contributed by atoms with E-state index in [9.17, 15) is 0 Å². The molecule has 1 N–H and O–H groups in total. The summed E-state index contributed by atoms with van der Waals surface area (Å²) in [5, 5.41) is 3.54. The van der Waals surface area contributed by atoms with Gasteiger partial charge < -0.3 is 5.32 Å². The first kappa shape index (κ1) is 8.36. The molecular weight excluding hydrogens is 158 g/mol. The Morgan fingerprint density at radius 1 is 1.54 bits per heavy atom. The SMILES string of the molecule is C=CC[C@@]1(C)Cc2ccccc2N1. The highest BCUT2D eigenvalue weighted by molar-refractivity contribution is 5.58. The Balaban J connectivity index is 2.26. The van der Waals surface area contributed by atoms with Gasteiger partial charge in [0.1, 0.15) is 0 Å². The van der Waals surface area contributed by atoms with Gasteiger partial charge in [-0.25, -0.2) is 0 Å². The van der Waals surface area contributed by atoms with Crippen molar-refractivity contribution in [2.24, 2.45) is 0 Å². The van der Waals surface area contributed by atoms with Crippen LogP contribution in [0.1, 0.15) is 18.9 Å². The molecule has 0 aliphatic carbocycles. The van der Waals surface area contributed by atoms with E-state index in [4.69, 9.17) is 0 Å². The van der Waals surface area contributed by atoms with Crippen LogP contribution >= 0.6 is 0 Å². The van der Waals surface area contributed by atoms with Crippen LogP contribution in [0.2, 0.25) is 0 Å². The molecule has 68 valence electrons. The maximum atomic E-state index is 3.79. The van der Waals surface area contributed by atoms with Gasteiger partial charge in [-0.3, -0.25) is 0 Å². The Hall–Kier alpha value is -1.24. The van der Waals surface area contributed by atoms with Crippen LogP contribution in [-0.2, 0) is 6.42 Å². The number of hydrogen-bond donors (Lipinski definition) is 1. The van der Waals surface area contributed by atoms with Gasteiger partial charge in [-0.15, -0.1) is 6.58 Å².